The van der Waals surface area contributed by atoms with E-state index in [1.165, 1.54) is 6.26 Å². The highest BCUT2D eigenvalue weighted by molar-refractivity contribution is 5.94. The van der Waals surface area contributed by atoms with Crippen LogP contribution in [0.25, 0.3) is 11.0 Å². The molecule has 3 rings (SSSR count). The molecule has 6 heteroatoms. The molecule has 3 N–H and O–H groups in total. The van der Waals surface area contributed by atoms with Crippen LogP contribution in [0.3, 0.4) is 0 Å². The highest BCUT2D eigenvalue weighted by atomic mass is 35.5. The topological polar surface area (TPSA) is 81.4 Å². The van der Waals surface area contributed by atoms with Gasteiger partial charge in [-0.25, -0.2) is 0 Å². The molecule has 25 heavy (non-hydrogen) atoms. The number of para-hydroxylation sites is 1. The third-order valence-corrected chi connectivity index (χ3v) is 4.23. The number of nitrogens with two attached hydrogens (primary N) is 1. The zero-order chi connectivity index (χ0) is 17.3. The molecule has 3 aromatic rings. The van der Waals surface area contributed by atoms with Crippen molar-refractivity contribution in [2.45, 2.75) is 33.4 Å². The van der Waals surface area contributed by atoms with Gasteiger partial charge < -0.3 is 19.9 Å². The molecule has 0 aliphatic heterocycles. The average Bonchev–Trinajstić information content (AvgIpc) is 3.18. The summed E-state index contributed by atoms with van der Waals surface area (Å²) in [6.45, 7) is 6.40. The van der Waals surface area contributed by atoms with Crippen LogP contribution in [0.1, 0.15) is 47.3 Å². The summed E-state index contributed by atoms with van der Waals surface area (Å²) < 4.78 is 11.3. The number of hydrogen-bond acceptors (Lipinski definition) is 4. The molecule has 2 aromatic heterocycles. The number of hydrogen-bond donors (Lipinski definition) is 2. The molecular weight excluding hydrogens is 340 g/mol. The van der Waals surface area contributed by atoms with Crippen LogP contribution in [0.2, 0.25) is 0 Å². The lowest BCUT2D eigenvalue weighted by molar-refractivity contribution is 0.0918. The SMILES string of the molecule is Cc1c(C(NC(=O)c2coc(CN)c2)C(C)C)oc2ccccc12.Cl. The summed E-state index contributed by atoms with van der Waals surface area (Å²) >= 11 is 0. The molecule has 0 saturated carbocycles. The third kappa shape index (κ3) is 3.72. The quantitative estimate of drug-likeness (QED) is 0.707. The molecule has 2 heterocycles. The number of amides is 1. The second-order valence-electron chi connectivity index (χ2n) is 6.29. The number of aryl methyl sites for hydroxylation is 1. The molecular formula is C19H23ClN2O3. The molecule has 0 aliphatic rings. The summed E-state index contributed by atoms with van der Waals surface area (Å²) in [4.78, 5) is 12.5. The van der Waals surface area contributed by atoms with E-state index in [0.717, 1.165) is 22.3 Å². The van der Waals surface area contributed by atoms with Gasteiger partial charge in [0.25, 0.3) is 5.91 Å². The summed E-state index contributed by atoms with van der Waals surface area (Å²) in [6, 6.07) is 9.34. The first kappa shape index (κ1) is 19.1. The number of fused-ring (bicyclic) bond motifs is 1. The highest BCUT2D eigenvalue weighted by Crippen LogP contribution is 2.33. The Kier molecular flexibility index (Phi) is 5.93. The van der Waals surface area contributed by atoms with Gasteiger partial charge in [0.05, 0.1) is 18.2 Å². The molecule has 1 aromatic carbocycles. The van der Waals surface area contributed by atoms with Gasteiger partial charge >= 0.3 is 0 Å². The molecule has 0 spiro atoms. The molecule has 1 amide bonds. The van der Waals surface area contributed by atoms with Crippen LogP contribution < -0.4 is 11.1 Å². The maximum Gasteiger partial charge on any atom is 0.255 e. The van der Waals surface area contributed by atoms with Crippen LogP contribution in [-0.4, -0.2) is 5.91 Å². The summed E-state index contributed by atoms with van der Waals surface area (Å²) in [7, 11) is 0. The summed E-state index contributed by atoms with van der Waals surface area (Å²) in [6.07, 6.45) is 1.43. The largest absolute Gasteiger partial charge is 0.467 e. The maximum atomic E-state index is 12.5. The Bertz CT molecular complexity index is 867. The number of nitrogens with one attached hydrogen (secondary N) is 1. The molecule has 0 fully saturated rings. The fourth-order valence-corrected chi connectivity index (χ4v) is 2.86. The molecule has 0 radical (unpaired) electrons. The third-order valence-electron chi connectivity index (χ3n) is 4.23. The van der Waals surface area contributed by atoms with Gasteiger partial charge in [-0.3, -0.25) is 4.79 Å². The molecule has 0 aliphatic carbocycles. The Morgan fingerprint density at radius 3 is 2.60 bits per heavy atom. The van der Waals surface area contributed by atoms with Gasteiger partial charge in [0.15, 0.2) is 0 Å². The van der Waals surface area contributed by atoms with E-state index in [0.29, 0.717) is 11.3 Å². The molecule has 1 atom stereocenters. The van der Waals surface area contributed by atoms with E-state index in [2.05, 4.69) is 19.2 Å². The first-order chi connectivity index (χ1) is 11.5. The van der Waals surface area contributed by atoms with Crippen molar-refractivity contribution in [3.05, 3.63) is 59.2 Å². The minimum Gasteiger partial charge on any atom is -0.467 e. The van der Waals surface area contributed by atoms with Gasteiger partial charge in [0.2, 0.25) is 0 Å². The minimum atomic E-state index is -0.221. The van der Waals surface area contributed by atoms with E-state index < -0.39 is 0 Å². The first-order valence-corrected chi connectivity index (χ1v) is 8.07. The van der Waals surface area contributed by atoms with Crippen molar-refractivity contribution in [1.82, 2.24) is 5.32 Å². The minimum absolute atomic E-state index is 0. The number of rotatable bonds is 5. The normalized spacial score (nSPS) is 12.2. The maximum absolute atomic E-state index is 12.5. The zero-order valence-corrected chi connectivity index (χ0v) is 15.4. The second-order valence-corrected chi connectivity index (χ2v) is 6.29. The Morgan fingerprint density at radius 2 is 2.00 bits per heavy atom. The van der Waals surface area contributed by atoms with Crippen molar-refractivity contribution < 1.29 is 13.6 Å². The number of benzene rings is 1. The van der Waals surface area contributed by atoms with Crippen molar-refractivity contribution in [3.8, 4) is 0 Å². The summed E-state index contributed by atoms with van der Waals surface area (Å²) in [5.74, 6) is 1.36. The molecule has 1 unspecified atom stereocenters. The van der Waals surface area contributed by atoms with Gasteiger partial charge in [-0.15, -0.1) is 12.4 Å². The summed E-state index contributed by atoms with van der Waals surface area (Å²) in [5.41, 5.74) is 7.88. The predicted octanol–water partition coefficient (Wildman–Crippen LogP) is 4.34. The summed E-state index contributed by atoms with van der Waals surface area (Å²) in [5, 5.41) is 4.13. The number of furan rings is 2. The smallest absolute Gasteiger partial charge is 0.255 e. The fraction of sp³-hybridized carbons (Fsp3) is 0.316. The monoisotopic (exact) mass is 362 g/mol. The highest BCUT2D eigenvalue weighted by Gasteiger charge is 2.26. The van der Waals surface area contributed by atoms with Gasteiger partial charge in [-0.1, -0.05) is 32.0 Å². The van der Waals surface area contributed by atoms with Crippen molar-refractivity contribution >= 4 is 29.3 Å². The predicted molar refractivity (Wildman–Crippen MR) is 99.8 cm³/mol. The number of halogens is 1. The van der Waals surface area contributed by atoms with Gasteiger partial charge in [-0.05, 0) is 25.0 Å². The zero-order valence-electron chi connectivity index (χ0n) is 14.5. The van der Waals surface area contributed by atoms with Crippen LogP contribution in [0.15, 0.2) is 45.4 Å². The van der Waals surface area contributed by atoms with E-state index in [-0.39, 0.29) is 36.8 Å². The standard InChI is InChI=1S/C19H22N2O3.ClH/c1-11(2)17(21-19(22)13-8-14(9-20)23-10-13)18-12(3)15-6-4-5-7-16(15)24-18;/h4-8,10-11,17H,9,20H2,1-3H3,(H,21,22);1H. The average molecular weight is 363 g/mol. The fourth-order valence-electron chi connectivity index (χ4n) is 2.86. The Balaban J connectivity index is 0.00000225. The van der Waals surface area contributed by atoms with Crippen LogP contribution >= 0.6 is 12.4 Å². The number of carbonyl (C=O) groups excluding carboxylic acids is 1. The second kappa shape index (κ2) is 7.76. The Morgan fingerprint density at radius 1 is 1.28 bits per heavy atom. The lowest BCUT2D eigenvalue weighted by Gasteiger charge is -2.21. The van der Waals surface area contributed by atoms with Crippen LogP contribution in [0.5, 0.6) is 0 Å². The van der Waals surface area contributed by atoms with E-state index in [1.807, 2.05) is 31.2 Å². The molecule has 5 nitrogen and oxygen atoms in total. The van der Waals surface area contributed by atoms with Crippen molar-refractivity contribution in [2.24, 2.45) is 11.7 Å². The van der Waals surface area contributed by atoms with Crippen molar-refractivity contribution in [2.75, 3.05) is 0 Å². The van der Waals surface area contributed by atoms with E-state index >= 15 is 0 Å². The van der Waals surface area contributed by atoms with Gasteiger partial charge in [-0.2, -0.15) is 0 Å². The Hall–Kier alpha value is -2.24. The van der Waals surface area contributed by atoms with E-state index in [1.54, 1.807) is 6.07 Å². The molecule has 0 bridgehead atoms. The lowest BCUT2D eigenvalue weighted by atomic mass is 9.98. The van der Waals surface area contributed by atoms with E-state index in [9.17, 15) is 4.79 Å². The number of carbonyl (C=O) groups is 1. The molecule has 134 valence electrons. The van der Waals surface area contributed by atoms with Crippen molar-refractivity contribution in [1.29, 1.82) is 0 Å². The lowest BCUT2D eigenvalue weighted by Crippen LogP contribution is -2.31. The van der Waals surface area contributed by atoms with E-state index in [4.69, 9.17) is 14.6 Å². The van der Waals surface area contributed by atoms with Crippen molar-refractivity contribution in [3.63, 3.8) is 0 Å². The molecule has 0 saturated heterocycles. The van der Waals surface area contributed by atoms with Gasteiger partial charge in [0, 0.05) is 10.9 Å². The first-order valence-electron chi connectivity index (χ1n) is 8.07. The van der Waals surface area contributed by atoms with Crippen LogP contribution in [0, 0.1) is 12.8 Å². The van der Waals surface area contributed by atoms with Gasteiger partial charge in [0.1, 0.15) is 23.4 Å². The Labute approximate surface area is 153 Å². The van der Waals surface area contributed by atoms with Crippen LogP contribution in [-0.2, 0) is 6.54 Å². The van der Waals surface area contributed by atoms with Crippen LogP contribution in [0.4, 0.5) is 0 Å².